The minimum Gasteiger partial charge on any atom is -0.454 e. The highest BCUT2D eigenvalue weighted by Gasteiger charge is 2.29. The Bertz CT molecular complexity index is 956. The summed E-state index contributed by atoms with van der Waals surface area (Å²) in [5.74, 6) is 1.12. The summed E-state index contributed by atoms with van der Waals surface area (Å²) in [6, 6.07) is 11.4. The van der Waals surface area contributed by atoms with E-state index < -0.39 is 0 Å². The van der Waals surface area contributed by atoms with E-state index in [0.29, 0.717) is 28.4 Å². The predicted octanol–water partition coefficient (Wildman–Crippen LogP) is 2.32. The molecule has 4 rings (SSSR count). The summed E-state index contributed by atoms with van der Waals surface area (Å²) in [6.07, 6.45) is 1.88. The summed E-state index contributed by atoms with van der Waals surface area (Å²) < 4.78 is 10.5. The van der Waals surface area contributed by atoms with E-state index in [1.807, 2.05) is 0 Å². The van der Waals surface area contributed by atoms with E-state index in [-0.39, 0.29) is 43.6 Å². The maximum absolute atomic E-state index is 12.2. The van der Waals surface area contributed by atoms with Crippen molar-refractivity contribution in [1.29, 1.82) is 0 Å². The van der Waals surface area contributed by atoms with Gasteiger partial charge in [-0.3, -0.25) is 9.59 Å². The first-order chi connectivity index (χ1) is 14.6. The molecule has 0 spiro atoms. The fourth-order valence-electron chi connectivity index (χ4n) is 2.90. The van der Waals surface area contributed by atoms with Crippen molar-refractivity contribution in [2.45, 2.75) is 12.8 Å². The lowest BCUT2D eigenvalue weighted by molar-refractivity contribution is -0.117. The molecule has 4 amide bonds. The SMILES string of the molecule is O=C(NCCNC(=O)c1ccc(NC(=O)C2CC2)cc1)Nc1ccc2c(c1)OCO2. The number of amides is 4. The first-order valence-corrected chi connectivity index (χ1v) is 9.72. The summed E-state index contributed by atoms with van der Waals surface area (Å²) in [6.45, 7) is 0.702. The van der Waals surface area contributed by atoms with E-state index in [1.54, 1.807) is 42.5 Å². The second kappa shape index (κ2) is 8.73. The van der Waals surface area contributed by atoms with Gasteiger partial charge in [0.25, 0.3) is 5.91 Å². The molecular weight excluding hydrogens is 388 g/mol. The largest absolute Gasteiger partial charge is 0.454 e. The van der Waals surface area contributed by atoms with Gasteiger partial charge in [-0.05, 0) is 49.2 Å². The van der Waals surface area contributed by atoms with Crippen molar-refractivity contribution in [2.75, 3.05) is 30.5 Å². The maximum Gasteiger partial charge on any atom is 0.319 e. The van der Waals surface area contributed by atoms with Crippen molar-refractivity contribution < 1.29 is 23.9 Å². The molecular formula is C21H22N4O5. The van der Waals surface area contributed by atoms with Gasteiger partial charge >= 0.3 is 6.03 Å². The minimum atomic E-state index is -0.390. The Morgan fingerprint density at radius 2 is 1.53 bits per heavy atom. The van der Waals surface area contributed by atoms with Gasteiger partial charge in [-0.15, -0.1) is 0 Å². The van der Waals surface area contributed by atoms with Gasteiger partial charge in [-0.1, -0.05) is 0 Å². The zero-order chi connectivity index (χ0) is 20.9. The molecule has 0 bridgehead atoms. The van der Waals surface area contributed by atoms with E-state index >= 15 is 0 Å². The fraction of sp³-hybridized carbons (Fsp3) is 0.286. The molecule has 9 nitrogen and oxygen atoms in total. The van der Waals surface area contributed by atoms with Crippen molar-refractivity contribution in [3.05, 3.63) is 48.0 Å². The number of benzene rings is 2. The normalized spacial score (nSPS) is 14.0. The average Bonchev–Trinajstić information content (AvgIpc) is 3.50. The lowest BCUT2D eigenvalue weighted by Crippen LogP contribution is -2.36. The number of hydrogen-bond donors (Lipinski definition) is 4. The third-order valence-corrected chi connectivity index (χ3v) is 4.69. The number of anilines is 2. The molecule has 0 aromatic heterocycles. The number of fused-ring (bicyclic) bond motifs is 1. The Morgan fingerprint density at radius 1 is 0.833 bits per heavy atom. The first-order valence-electron chi connectivity index (χ1n) is 9.72. The Morgan fingerprint density at radius 3 is 2.30 bits per heavy atom. The topological polar surface area (TPSA) is 118 Å². The number of rotatable bonds is 7. The number of carbonyl (C=O) groups is 3. The third kappa shape index (κ3) is 4.99. The van der Waals surface area contributed by atoms with Crippen LogP contribution < -0.4 is 30.7 Å². The van der Waals surface area contributed by atoms with E-state index in [1.165, 1.54) is 0 Å². The molecule has 30 heavy (non-hydrogen) atoms. The molecule has 0 radical (unpaired) electrons. The van der Waals surface area contributed by atoms with E-state index in [9.17, 15) is 14.4 Å². The summed E-state index contributed by atoms with van der Waals surface area (Å²) in [5, 5.41) is 10.9. The molecule has 4 N–H and O–H groups in total. The molecule has 1 saturated carbocycles. The summed E-state index contributed by atoms with van der Waals surface area (Å²) in [4.78, 5) is 35.9. The quantitative estimate of drug-likeness (QED) is 0.523. The summed E-state index contributed by atoms with van der Waals surface area (Å²) in [5.41, 5.74) is 1.73. The van der Waals surface area contributed by atoms with Gasteiger partial charge in [-0.2, -0.15) is 0 Å². The van der Waals surface area contributed by atoms with Crippen LogP contribution in [0, 0.1) is 5.92 Å². The Kier molecular flexibility index (Phi) is 5.69. The van der Waals surface area contributed by atoms with Crippen LogP contribution in [0.2, 0.25) is 0 Å². The number of nitrogens with one attached hydrogen (secondary N) is 4. The van der Waals surface area contributed by atoms with Crippen molar-refractivity contribution in [3.8, 4) is 11.5 Å². The van der Waals surface area contributed by atoms with Crippen LogP contribution in [0.4, 0.5) is 16.2 Å². The Labute approximate surface area is 173 Å². The van der Waals surface area contributed by atoms with E-state index in [2.05, 4.69) is 21.3 Å². The van der Waals surface area contributed by atoms with Gasteiger partial charge < -0.3 is 30.7 Å². The highest BCUT2D eigenvalue weighted by atomic mass is 16.7. The molecule has 0 atom stereocenters. The van der Waals surface area contributed by atoms with Crippen molar-refractivity contribution in [2.24, 2.45) is 5.92 Å². The van der Waals surface area contributed by atoms with Crippen LogP contribution in [-0.4, -0.2) is 37.7 Å². The van der Waals surface area contributed by atoms with Crippen molar-refractivity contribution in [3.63, 3.8) is 0 Å². The lowest BCUT2D eigenvalue weighted by atomic mass is 10.2. The standard InChI is InChI=1S/C21H22N4O5/c26-19(13-3-5-15(6-4-13)24-20(27)14-1-2-14)22-9-10-23-21(28)25-16-7-8-17-18(11-16)30-12-29-17/h3-8,11,14H,1-2,9-10,12H2,(H,22,26)(H,24,27)(H2,23,25,28). The molecule has 1 heterocycles. The fourth-order valence-corrected chi connectivity index (χ4v) is 2.90. The molecule has 2 aromatic rings. The monoisotopic (exact) mass is 410 g/mol. The minimum absolute atomic E-state index is 0.0253. The highest BCUT2D eigenvalue weighted by Crippen LogP contribution is 2.34. The molecule has 9 heteroatoms. The highest BCUT2D eigenvalue weighted by molar-refractivity contribution is 5.97. The summed E-state index contributed by atoms with van der Waals surface area (Å²) >= 11 is 0. The Hall–Kier alpha value is -3.75. The molecule has 1 aliphatic carbocycles. The van der Waals surface area contributed by atoms with Gasteiger partial charge in [-0.25, -0.2) is 4.79 Å². The number of hydrogen-bond acceptors (Lipinski definition) is 5. The second-order valence-corrected chi connectivity index (χ2v) is 7.05. The molecule has 1 fully saturated rings. The van der Waals surface area contributed by atoms with Crippen LogP contribution in [0.25, 0.3) is 0 Å². The van der Waals surface area contributed by atoms with Crippen LogP contribution in [0.1, 0.15) is 23.2 Å². The van der Waals surface area contributed by atoms with Gasteiger partial charge in [0.05, 0.1) is 0 Å². The number of urea groups is 1. The summed E-state index contributed by atoms with van der Waals surface area (Å²) in [7, 11) is 0. The van der Waals surface area contributed by atoms with Crippen LogP contribution in [0.5, 0.6) is 11.5 Å². The molecule has 156 valence electrons. The van der Waals surface area contributed by atoms with Crippen LogP contribution in [0.3, 0.4) is 0 Å². The first kappa shape index (κ1) is 19.6. The zero-order valence-electron chi connectivity index (χ0n) is 16.2. The lowest BCUT2D eigenvalue weighted by Gasteiger charge is -2.10. The van der Waals surface area contributed by atoms with Crippen LogP contribution in [0.15, 0.2) is 42.5 Å². The van der Waals surface area contributed by atoms with Crippen molar-refractivity contribution >= 4 is 29.2 Å². The van der Waals surface area contributed by atoms with Gasteiger partial charge in [0.15, 0.2) is 11.5 Å². The maximum atomic E-state index is 12.2. The smallest absolute Gasteiger partial charge is 0.319 e. The number of ether oxygens (including phenoxy) is 2. The van der Waals surface area contributed by atoms with E-state index in [4.69, 9.17) is 9.47 Å². The second-order valence-electron chi connectivity index (χ2n) is 7.05. The predicted molar refractivity (Wildman–Crippen MR) is 110 cm³/mol. The van der Waals surface area contributed by atoms with Gasteiger partial charge in [0.1, 0.15) is 0 Å². The van der Waals surface area contributed by atoms with E-state index in [0.717, 1.165) is 12.8 Å². The van der Waals surface area contributed by atoms with Gasteiger partial charge in [0.2, 0.25) is 12.7 Å². The average molecular weight is 410 g/mol. The third-order valence-electron chi connectivity index (χ3n) is 4.69. The molecule has 0 saturated heterocycles. The number of carbonyl (C=O) groups excluding carboxylic acids is 3. The molecule has 1 aliphatic heterocycles. The Balaban J connectivity index is 1.16. The van der Waals surface area contributed by atoms with Gasteiger partial charge in [0, 0.05) is 42.0 Å². The van der Waals surface area contributed by atoms with Crippen molar-refractivity contribution in [1.82, 2.24) is 10.6 Å². The zero-order valence-corrected chi connectivity index (χ0v) is 16.2. The molecule has 2 aromatic carbocycles. The molecule has 2 aliphatic rings. The van der Waals surface area contributed by atoms with Crippen LogP contribution >= 0.6 is 0 Å². The van der Waals surface area contributed by atoms with Crippen LogP contribution in [-0.2, 0) is 4.79 Å². The molecule has 0 unspecified atom stereocenters.